The number of aryl methyl sites for hydroxylation is 1. The monoisotopic (exact) mass is 221 g/mol. The molecule has 0 N–H and O–H groups in total. The standard InChI is InChI=1S/C12H19N3O/c1-10(16)11-3-5-15(6-4-11)8-12-7-13-9-14(12)2/h7,9,11H,3-6,8H2,1-2H3. The van der Waals surface area contributed by atoms with Crippen molar-refractivity contribution in [2.75, 3.05) is 13.1 Å². The zero-order valence-corrected chi connectivity index (χ0v) is 10.0. The van der Waals surface area contributed by atoms with Gasteiger partial charge in [-0.05, 0) is 32.9 Å². The number of nitrogens with zero attached hydrogens (tertiary/aromatic N) is 3. The molecule has 1 aromatic rings. The fourth-order valence-corrected chi connectivity index (χ4v) is 2.26. The molecule has 1 aromatic heterocycles. The molecule has 1 aliphatic rings. The van der Waals surface area contributed by atoms with Gasteiger partial charge in [-0.25, -0.2) is 4.98 Å². The number of aromatic nitrogens is 2. The number of carbonyl (C=O) groups excluding carboxylic acids is 1. The van der Waals surface area contributed by atoms with E-state index in [4.69, 9.17) is 0 Å². The van der Waals surface area contributed by atoms with Crippen molar-refractivity contribution in [3.8, 4) is 0 Å². The Bertz CT molecular complexity index is 364. The van der Waals surface area contributed by atoms with Gasteiger partial charge in [-0.1, -0.05) is 0 Å². The van der Waals surface area contributed by atoms with E-state index in [2.05, 4.69) is 14.5 Å². The summed E-state index contributed by atoms with van der Waals surface area (Å²) in [5, 5.41) is 0. The molecule has 0 aliphatic carbocycles. The third-order valence-electron chi connectivity index (χ3n) is 3.46. The van der Waals surface area contributed by atoms with E-state index in [9.17, 15) is 4.79 Å². The third kappa shape index (κ3) is 2.50. The summed E-state index contributed by atoms with van der Waals surface area (Å²) in [6.07, 6.45) is 5.76. The number of carbonyl (C=O) groups is 1. The Hall–Kier alpha value is -1.16. The highest BCUT2D eigenvalue weighted by Crippen LogP contribution is 2.19. The van der Waals surface area contributed by atoms with E-state index in [1.165, 1.54) is 5.69 Å². The van der Waals surface area contributed by atoms with Crippen LogP contribution in [0.25, 0.3) is 0 Å². The van der Waals surface area contributed by atoms with Gasteiger partial charge in [0.1, 0.15) is 5.78 Å². The van der Waals surface area contributed by atoms with Crippen molar-refractivity contribution in [2.45, 2.75) is 26.3 Å². The van der Waals surface area contributed by atoms with Gasteiger partial charge in [0.15, 0.2) is 0 Å². The zero-order valence-electron chi connectivity index (χ0n) is 10.0. The van der Waals surface area contributed by atoms with Crippen LogP contribution in [0.3, 0.4) is 0 Å². The van der Waals surface area contributed by atoms with Gasteiger partial charge in [0.2, 0.25) is 0 Å². The molecule has 1 saturated heterocycles. The molecule has 0 atom stereocenters. The molecule has 1 fully saturated rings. The smallest absolute Gasteiger partial charge is 0.133 e. The Kier molecular flexibility index (Phi) is 3.39. The van der Waals surface area contributed by atoms with E-state index in [0.717, 1.165) is 32.5 Å². The molecule has 0 aromatic carbocycles. The highest BCUT2D eigenvalue weighted by atomic mass is 16.1. The van der Waals surface area contributed by atoms with E-state index in [0.29, 0.717) is 11.7 Å². The largest absolute Gasteiger partial charge is 0.337 e. The minimum atomic E-state index is 0.294. The average molecular weight is 221 g/mol. The first-order valence-corrected chi connectivity index (χ1v) is 5.85. The number of piperidine rings is 1. The SMILES string of the molecule is CC(=O)C1CCN(Cc2cncn2C)CC1. The fourth-order valence-electron chi connectivity index (χ4n) is 2.26. The van der Waals surface area contributed by atoms with E-state index in [1.54, 1.807) is 6.92 Å². The van der Waals surface area contributed by atoms with Crippen LogP contribution in [0.5, 0.6) is 0 Å². The van der Waals surface area contributed by atoms with Crippen molar-refractivity contribution in [3.05, 3.63) is 18.2 Å². The van der Waals surface area contributed by atoms with Crippen LogP contribution in [0.1, 0.15) is 25.5 Å². The van der Waals surface area contributed by atoms with Crippen LogP contribution in [-0.2, 0) is 18.4 Å². The molecule has 0 bridgehead atoms. The highest BCUT2D eigenvalue weighted by Gasteiger charge is 2.22. The molecule has 88 valence electrons. The Balaban J connectivity index is 1.86. The molecule has 4 nitrogen and oxygen atoms in total. The molecular formula is C12H19N3O. The average Bonchev–Trinajstić information content (AvgIpc) is 2.65. The van der Waals surface area contributed by atoms with E-state index in [-0.39, 0.29) is 0 Å². The summed E-state index contributed by atoms with van der Waals surface area (Å²) in [7, 11) is 2.02. The lowest BCUT2D eigenvalue weighted by atomic mass is 9.93. The van der Waals surface area contributed by atoms with Gasteiger partial charge in [-0.15, -0.1) is 0 Å². The van der Waals surface area contributed by atoms with Gasteiger partial charge >= 0.3 is 0 Å². The van der Waals surface area contributed by atoms with Gasteiger partial charge in [-0.3, -0.25) is 9.69 Å². The van der Waals surface area contributed by atoms with E-state index < -0.39 is 0 Å². The second-order valence-electron chi connectivity index (χ2n) is 4.66. The molecule has 2 rings (SSSR count). The molecule has 0 amide bonds. The number of rotatable bonds is 3. The summed E-state index contributed by atoms with van der Waals surface area (Å²) < 4.78 is 2.05. The first-order valence-electron chi connectivity index (χ1n) is 5.85. The first kappa shape index (κ1) is 11.3. The van der Waals surface area contributed by atoms with Crippen LogP contribution in [0, 0.1) is 5.92 Å². The molecule has 0 saturated carbocycles. The van der Waals surface area contributed by atoms with Crippen LogP contribution in [0.15, 0.2) is 12.5 Å². The van der Waals surface area contributed by atoms with E-state index in [1.807, 2.05) is 19.6 Å². The predicted molar refractivity (Wildman–Crippen MR) is 61.9 cm³/mol. The van der Waals surface area contributed by atoms with Crippen LogP contribution in [0.2, 0.25) is 0 Å². The molecule has 0 spiro atoms. The van der Waals surface area contributed by atoms with Gasteiger partial charge in [0, 0.05) is 25.7 Å². The van der Waals surface area contributed by atoms with E-state index >= 15 is 0 Å². The molecular weight excluding hydrogens is 202 g/mol. The maximum atomic E-state index is 11.2. The maximum absolute atomic E-state index is 11.2. The van der Waals surface area contributed by atoms with Gasteiger partial charge in [0.25, 0.3) is 0 Å². The lowest BCUT2D eigenvalue weighted by molar-refractivity contribution is -0.122. The van der Waals surface area contributed by atoms with Gasteiger partial charge in [0.05, 0.1) is 12.0 Å². The Labute approximate surface area is 96.3 Å². The van der Waals surface area contributed by atoms with Crippen LogP contribution in [-0.4, -0.2) is 33.3 Å². The number of Topliss-reactive ketones (excluding diaryl/α,β-unsaturated/α-hetero) is 1. The van der Waals surface area contributed by atoms with Crippen molar-refractivity contribution in [1.29, 1.82) is 0 Å². The number of ketones is 1. The summed E-state index contributed by atoms with van der Waals surface area (Å²) in [6, 6.07) is 0. The van der Waals surface area contributed by atoms with Crippen LogP contribution < -0.4 is 0 Å². The number of hydrogen-bond acceptors (Lipinski definition) is 3. The lowest BCUT2D eigenvalue weighted by Crippen LogP contribution is -2.35. The second kappa shape index (κ2) is 4.78. The van der Waals surface area contributed by atoms with Gasteiger partial charge in [-0.2, -0.15) is 0 Å². The Morgan fingerprint density at radius 2 is 2.19 bits per heavy atom. The van der Waals surface area contributed by atoms with Gasteiger partial charge < -0.3 is 4.57 Å². The maximum Gasteiger partial charge on any atom is 0.133 e. The molecule has 0 unspecified atom stereocenters. The summed E-state index contributed by atoms with van der Waals surface area (Å²) in [4.78, 5) is 17.8. The van der Waals surface area contributed by atoms with Crippen LogP contribution in [0.4, 0.5) is 0 Å². The normalized spacial score (nSPS) is 18.9. The molecule has 0 radical (unpaired) electrons. The topological polar surface area (TPSA) is 38.1 Å². The highest BCUT2D eigenvalue weighted by molar-refractivity contribution is 5.78. The number of likely N-dealkylation sites (tertiary alicyclic amines) is 1. The van der Waals surface area contributed by atoms with Crippen molar-refractivity contribution >= 4 is 5.78 Å². The molecule has 2 heterocycles. The summed E-state index contributed by atoms with van der Waals surface area (Å²) in [5.74, 6) is 0.642. The van der Waals surface area contributed by atoms with Crippen molar-refractivity contribution < 1.29 is 4.79 Å². The zero-order chi connectivity index (χ0) is 11.5. The molecule has 1 aliphatic heterocycles. The first-order chi connectivity index (χ1) is 7.66. The van der Waals surface area contributed by atoms with Crippen molar-refractivity contribution in [1.82, 2.24) is 14.5 Å². The Morgan fingerprint density at radius 3 is 2.69 bits per heavy atom. The molecule has 16 heavy (non-hydrogen) atoms. The minimum Gasteiger partial charge on any atom is -0.337 e. The molecule has 4 heteroatoms. The summed E-state index contributed by atoms with van der Waals surface area (Å²) in [6.45, 7) is 4.70. The fraction of sp³-hybridized carbons (Fsp3) is 0.667. The predicted octanol–water partition coefficient (Wildman–Crippen LogP) is 1.22. The lowest BCUT2D eigenvalue weighted by Gasteiger charge is -2.30. The number of hydrogen-bond donors (Lipinski definition) is 0. The minimum absolute atomic E-state index is 0.294. The summed E-state index contributed by atoms with van der Waals surface area (Å²) >= 11 is 0. The summed E-state index contributed by atoms with van der Waals surface area (Å²) in [5.41, 5.74) is 1.24. The quantitative estimate of drug-likeness (QED) is 0.770. The van der Waals surface area contributed by atoms with Crippen molar-refractivity contribution in [3.63, 3.8) is 0 Å². The third-order valence-corrected chi connectivity index (χ3v) is 3.46. The second-order valence-corrected chi connectivity index (χ2v) is 4.66. The van der Waals surface area contributed by atoms with Crippen molar-refractivity contribution in [2.24, 2.45) is 13.0 Å². The Morgan fingerprint density at radius 1 is 1.50 bits per heavy atom. The number of imidazole rings is 1. The van der Waals surface area contributed by atoms with Crippen LogP contribution >= 0.6 is 0 Å².